The van der Waals surface area contributed by atoms with Crippen molar-refractivity contribution < 1.29 is 33.0 Å². The van der Waals surface area contributed by atoms with E-state index in [0.29, 0.717) is 23.5 Å². The summed E-state index contributed by atoms with van der Waals surface area (Å²) >= 11 is 6.48. The Bertz CT molecular complexity index is 1420. The third kappa shape index (κ3) is 6.38. The van der Waals surface area contributed by atoms with Gasteiger partial charge in [0.2, 0.25) is 0 Å². The Morgan fingerprint density at radius 3 is 2.41 bits per heavy atom. The first kappa shape index (κ1) is 27.7. The number of ether oxygens (including phenoxy) is 3. The van der Waals surface area contributed by atoms with Crippen LogP contribution < -0.4 is 24.4 Å². The molecule has 1 saturated heterocycles. The molecule has 10 heteroatoms. The molecule has 8 nitrogen and oxygen atoms in total. The van der Waals surface area contributed by atoms with E-state index >= 15 is 0 Å². The number of hydrogen-bond donors (Lipinski definition) is 1. The van der Waals surface area contributed by atoms with E-state index in [4.69, 9.17) is 25.8 Å². The summed E-state index contributed by atoms with van der Waals surface area (Å²) in [6, 6.07) is 14.7. The molecule has 0 saturated carbocycles. The van der Waals surface area contributed by atoms with Gasteiger partial charge < -0.3 is 14.2 Å². The topological polar surface area (TPSA) is 94.2 Å². The van der Waals surface area contributed by atoms with E-state index < -0.39 is 23.7 Å². The summed E-state index contributed by atoms with van der Waals surface area (Å²) in [6.45, 7) is 4.45. The van der Waals surface area contributed by atoms with Crippen molar-refractivity contribution in [3.05, 3.63) is 88.2 Å². The van der Waals surface area contributed by atoms with E-state index in [2.05, 4.69) is 5.32 Å². The second-order valence-electron chi connectivity index (χ2n) is 8.44. The molecule has 0 bridgehead atoms. The van der Waals surface area contributed by atoms with Crippen molar-refractivity contribution in [2.75, 3.05) is 18.1 Å². The van der Waals surface area contributed by atoms with Gasteiger partial charge in [-0.15, -0.1) is 0 Å². The highest BCUT2D eigenvalue weighted by molar-refractivity contribution is 6.39. The number of nitrogens with zero attached hydrogens (tertiary/aromatic N) is 1. The third-order valence-electron chi connectivity index (χ3n) is 5.64. The molecule has 3 aromatic rings. The molecule has 3 aromatic carbocycles. The molecule has 4 rings (SSSR count). The van der Waals surface area contributed by atoms with Gasteiger partial charge in [-0.3, -0.25) is 14.9 Å². The molecule has 202 valence electrons. The molecular formula is C29H26ClFN2O6. The maximum Gasteiger partial charge on any atom is 0.335 e. The summed E-state index contributed by atoms with van der Waals surface area (Å²) in [5.41, 5.74) is 0.684. The molecule has 1 fully saturated rings. The Labute approximate surface area is 229 Å². The van der Waals surface area contributed by atoms with Crippen molar-refractivity contribution in [2.24, 2.45) is 0 Å². The summed E-state index contributed by atoms with van der Waals surface area (Å²) in [6.07, 6.45) is 2.14. The smallest absolute Gasteiger partial charge is 0.335 e. The van der Waals surface area contributed by atoms with E-state index in [1.54, 1.807) is 55.5 Å². The van der Waals surface area contributed by atoms with Crippen LogP contribution in [0.25, 0.3) is 6.08 Å². The number of rotatable bonds is 10. The minimum atomic E-state index is -0.866. The molecule has 0 aromatic heterocycles. The molecule has 0 atom stereocenters. The molecule has 1 heterocycles. The Morgan fingerprint density at radius 2 is 1.72 bits per heavy atom. The van der Waals surface area contributed by atoms with Crippen molar-refractivity contribution in [3.63, 3.8) is 0 Å². The fourth-order valence-corrected chi connectivity index (χ4v) is 4.08. The number of urea groups is 1. The van der Waals surface area contributed by atoms with E-state index in [-0.39, 0.29) is 41.0 Å². The van der Waals surface area contributed by atoms with Gasteiger partial charge in [0.25, 0.3) is 11.8 Å². The largest absolute Gasteiger partial charge is 0.494 e. The van der Waals surface area contributed by atoms with Crippen LogP contribution >= 0.6 is 11.6 Å². The van der Waals surface area contributed by atoms with Gasteiger partial charge in [-0.05, 0) is 67.4 Å². The SMILES string of the molecule is CCCOc1ccc(N2C(=O)NC(=O)/C(=C/c3cc(Cl)c(OCc4ccccc4F)c(OCC)c3)C2=O)cc1. The molecule has 0 radical (unpaired) electrons. The van der Waals surface area contributed by atoms with Gasteiger partial charge in [-0.1, -0.05) is 36.7 Å². The van der Waals surface area contributed by atoms with E-state index in [0.717, 1.165) is 11.3 Å². The molecule has 0 unspecified atom stereocenters. The molecule has 0 spiro atoms. The van der Waals surface area contributed by atoms with Crippen LogP contribution in [0.2, 0.25) is 5.02 Å². The predicted octanol–water partition coefficient (Wildman–Crippen LogP) is 5.91. The van der Waals surface area contributed by atoms with E-state index in [9.17, 15) is 18.8 Å². The zero-order valence-corrected chi connectivity index (χ0v) is 22.1. The summed E-state index contributed by atoms with van der Waals surface area (Å²) in [7, 11) is 0. The Hall–Kier alpha value is -4.37. The van der Waals surface area contributed by atoms with Crippen molar-refractivity contribution in [3.8, 4) is 17.2 Å². The van der Waals surface area contributed by atoms with Gasteiger partial charge in [-0.25, -0.2) is 14.1 Å². The van der Waals surface area contributed by atoms with Crippen LogP contribution in [0.15, 0.2) is 66.2 Å². The van der Waals surface area contributed by atoms with Crippen molar-refractivity contribution in [1.82, 2.24) is 5.32 Å². The number of barbiturate groups is 1. The first-order valence-corrected chi connectivity index (χ1v) is 12.7. The minimum Gasteiger partial charge on any atom is -0.494 e. The lowest BCUT2D eigenvalue weighted by Gasteiger charge is -2.26. The van der Waals surface area contributed by atoms with Gasteiger partial charge in [0, 0.05) is 5.56 Å². The monoisotopic (exact) mass is 552 g/mol. The predicted molar refractivity (Wildman–Crippen MR) is 145 cm³/mol. The number of halogens is 2. The summed E-state index contributed by atoms with van der Waals surface area (Å²) in [5.74, 6) is -1.05. The first-order chi connectivity index (χ1) is 18.8. The highest BCUT2D eigenvalue weighted by Gasteiger charge is 2.37. The van der Waals surface area contributed by atoms with Crippen molar-refractivity contribution >= 4 is 41.2 Å². The van der Waals surface area contributed by atoms with Crippen LogP contribution in [0, 0.1) is 5.82 Å². The number of hydrogen-bond acceptors (Lipinski definition) is 6. The molecule has 1 aliphatic rings. The van der Waals surface area contributed by atoms with Gasteiger partial charge in [0.1, 0.15) is 23.7 Å². The standard InChI is InChI=1S/C29H26ClFN2O6/c1-3-13-38-21-11-9-20(10-12-21)33-28(35)22(27(34)32-29(33)36)14-18-15-23(30)26(25(16-18)37-4-2)39-17-19-7-5-6-8-24(19)31/h5-12,14-16H,3-4,13,17H2,1-2H3,(H,32,34,36)/b22-14-. The highest BCUT2D eigenvalue weighted by Crippen LogP contribution is 2.38. The number of amides is 4. The molecule has 1 N–H and O–H groups in total. The third-order valence-corrected chi connectivity index (χ3v) is 5.92. The van der Waals surface area contributed by atoms with Crippen LogP contribution in [-0.2, 0) is 16.2 Å². The zero-order valence-electron chi connectivity index (χ0n) is 21.3. The molecule has 0 aliphatic carbocycles. The van der Waals surface area contributed by atoms with Gasteiger partial charge in [-0.2, -0.15) is 0 Å². The first-order valence-electron chi connectivity index (χ1n) is 12.3. The fraction of sp³-hybridized carbons (Fsp3) is 0.207. The van der Waals surface area contributed by atoms with Gasteiger partial charge in [0.05, 0.1) is 23.9 Å². The van der Waals surface area contributed by atoms with Crippen molar-refractivity contribution in [2.45, 2.75) is 26.9 Å². The van der Waals surface area contributed by atoms with E-state index in [1.807, 2.05) is 6.92 Å². The quantitative estimate of drug-likeness (QED) is 0.248. The van der Waals surface area contributed by atoms with Crippen LogP contribution in [0.1, 0.15) is 31.4 Å². The fourth-order valence-electron chi connectivity index (χ4n) is 3.81. The second kappa shape index (κ2) is 12.4. The molecule has 1 aliphatic heterocycles. The van der Waals surface area contributed by atoms with Crippen LogP contribution in [0.4, 0.5) is 14.9 Å². The summed E-state index contributed by atoms with van der Waals surface area (Å²) in [5, 5.41) is 2.32. The molecule has 4 amide bonds. The number of anilines is 1. The zero-order chi connectivity index (χ0) is 27.9. The average molecular weight is 553 g/mol. The number of nitrogens with one attached hydrogen (secondary N) is 1. The number of imide groups is 2. The normalized spacial score (nSPS) is 14.4. The maximum atomic E-state index is 14.0. The number of carbonyl (C=O) groups excluding carboxylic acids is 3. The molecular weight excluding hydrogens is 527 g/mol. The Balaban J connectivity index is 1.62. The number of carbonyl (C=O) groups is 3. The summed E-state index contributed by atoms with van der Waals surface area (Å²) in [4.78, 5) is 39.3. The van der Waals surface area contributed by atoms with Gasteiger partial charge >= 0.3 is 6.03 Å². The Morgan fingerprint density at radius 1 is 0.974 bits per heavy atom. The minimum absolute atomic E-state index is 0.0901. The second-order valence-corrected chi connectivity index (χ2v) is 8.85. The number of benzene rings is 3. The Kier molecular flexibility index (Phi) is 8.83. The van der Waals surface area contributed by atoms with Gasteiger partial charge in [0.15, 0.2) is 11.5 Å². The van der Waals surface area contributed by atoms with E-state index in [1.165, 1.54) is 18.2 Å². The van der Waals surface area contributed by atoms with Crippen LogP contribution in [0.3, 0.4) is 0 Å². The lowest BCUT2D eigenvalue weighted by atomic mass is 10.1. The maximum absolute atomic E-state index is 14.0. The average Bonchev–Trinajstić information content (AvgIpc) is 2.91. The van der Waals surface area contributed by atoms with Crippen LogP contribution in [-0.4, -0.2) is 31.1 Å². The highest BCUT2D eigenvalue weighted by atomic mass is 35.5. The van der Waals surface area contributed by atoms with Crippen molar-refractivity contribution in [1.29, 1.82) is 0 Å². The lowest BCUT2D eigenvalue weighted by molar-refractivity contribution is -0.122. The van der Waals surface area contributed by atoms with Crippen LogP contribution in [0.5, 0.6) is 17.2 Å². The molecule has 39 heavy (non-hydrogen) atoms. The lowest BCUT2D eigenvalue weighted by Crippen LogP contribution is -2.54. The summed E-state index contributed by atoms with van der Waals surface area (Å²) < 4.78 is 31.0.